The lowest BCUT2D eigenvalue weighted by Gasteiger charge is -2.34. The van der Waals surface area contributed by atoms with Crippen molar-refractivity contribution in [2.24, 2.45) is 0 Å². The fourth-order valence-electron chi connectivity index (χ4n) is 3.85. The number of furan rings is 1. The molecule has 1 fully saturated rings. The van der Waals surface area contributed by atoms with Gasteiger partial charge in [-0.15, -0.1) is 0 Å². The van der Waals surface area contributed by atoms with Gasteiger partial charge in [-0.25, -0.2) is 4.39 Å². The number of morpholine rings is 1. The largest absolute Gasteiger partial charge is 0.497 e. The molecule has 7 heteroatoms. The number of nitrogens with one attached hydrogen (secondary N) is 1. The van der Waals surface area contributed by atoms with E-state index >= 15 is 0 Å². The predicted octanol–water partition coefficient (Wildman–Crippen LogP) is 3.69. The third-order valence-electron chi connectivity index (χ3n) is 5.55. The lowest BCUT2D eigenvalue weighted by molar-refractivity contribution is 0.0161. The van der Waals surface area contributed by atoms with E-state index in [0.29, 0.717) is 31.1 Å². The average molecular weight is 412 g/mol. The van der Waals surface area contributed by atoms with E-state index in [9.17, 15) is 9.18 Å². The van der Waals surface area contributed by atoms with Crippen molar-refractivity contribution < 1.29 is 23.1 Å². The molecule has 158 valence electrons. The van der Waals surface area contributed by atoms with E-state index in [1.54, 1.807) is 31.4 Å². The highest BCUT2D eigenvalue weighted by atomic mass is 19.1. The van der Waals surface area contributed by atoms with E-state index < -0.39 is 0 Å². The van der Waals surface area contributed by atoms with E-state index in [2.05, 4.69) is 10.2 Å². The first kappa shape index (κ1) is 20.4. The van der Waals surface area contributed by atoms with E-state index in [4.69, 9.17) is 13.9 Å². The van der Waals surface area contributed by atoms with Crippen LogP contribution in [0.3, 0.4) is 0 Å². The Labute approximate surface area is 174 Å². The summed E-state index contributed by atoms with van der Waals surface area (Å²) in [6, 6.07) is 11.8. The number of aryl methyl sites for hydroxylation is 1. The van der Waals surface area contributed by atoms with Crippen LogP contribution in [0.5, 0.6) is 5.75 Å². The summed E-state index contributed by atoms with van der Waals surface area (Å²) >= 11 is 0. The fraction of sp³-hybridized carbons (Fsp3) is 0.348. The number of fused-ring (bicyclic) bond motifs is 1. The lowest BCUT2D eigenvalue weighted by atomic mass is 10.0. The second-order valence-electron chi connectivity index (χ2n) is 7.34. The van der Waals surface area contributed by atoms with Crippen molar-refractivity contribution in [3.05, 3.63) is 65.2 Å². The van der Waals surface area contributed by atoms with Gasteiger partial charge < -0.3 is 19.2 Å². The molecule has 1 atom stereocenters. The molecular weight excluding hydrogens is 387 g/mol. The summed E-state index contributed by atoms with van der Waals surface area (Å²) in [5.74, 6) is 0.444. The summed E-state index contributed by atoms with van der Waals surface area (Å²) < 4.78 is 29.9. The summed E-state index contributed by atoms with van der Waals surface area (Å²) in [7, 11) is 1.60. The van der Waals surface area contributed by atoms with Crippen LogP contribution in [0.4, 0.5) is 4.39 Å². The number of benzene rings is 2. The number of methoxy groups -OCH3 is 1. The van der Waals surface area contributed by atoms with Crippen molar-refractivity contribution in [2.45, 2.75) is 13.0 Å². The Morgan fingerprint density at radius 2 is 1.93 bits per heavy atom. The molecule has 0 radical (unpaired) electrons. The van der Waals surface area contributed by atoms with Crippen LogP contribution in [0.2, 0.25) is 0 Å². The van der Waals surface area contributed by atoms with Gasteiger partial charge >= 0.3 is 0 Å². The maximum Gasteiger partial charge on any atom is 0.287 e. The first-order valence-corrected chi connectivity index (χ1v) is 9.99. The maximum atomic E-state index is 13.4. The number of ether oxygens (including phenoxy) is 2. The third kappa shape index (κ3) is 4.17. The molecule has 0 saturated carbocycles. The van der Waals surface area contributed by atoms with Crippen LogP contribution in [0.15, 0.2) is 46.9 Å². The molecule has 0 aliphatic carbocycles. The topological polar surface area (TPSA) is 63.9 Å². The summed E-state index contributed by atoms with van der Waals surface area (Å²) in [6.45, 7) is 5.01. The number of halogens is 1. The molecule has 4 rings (SSSR count). The monoisotopic (exact) mass is 412 g/mol. The number of carbonyl (C=O) groups is 1. The summed E-state index contributed by atoms with van der Waals surface area (Å²) in [5.41, 5.74) is 2.36. The van der Waals surface area contributed by atoms with E-state index in [-0.39, 0.29) is 23.5 Å². The minimum Gasteiger partial charge on any atom is -0.497 e. The van der Waals surface area contributed by atoms with E-state index in [0.717, 1.165) is 29.6 Å². The van der Waals surface area contributed by atoms with Gasteiger partial charge in [-0.05, 0) is 42.8 Å². The first-order chi connectivity index (χ1) is 14.6. The molecule has 2 heterocycles. The minimum atomic E-state index is -0.281. The quantitative estimate of drug-likeness (QED) is 0.669. The zero-order valence-electron chi connectivity index (χ0n) is 17.1. The molecule has 30 heavy (non-hydrogen) atoms. The molecular formula is C23H25FN2O4. The van der Waals surface area contributed by atoms with Gasteiger partial charge in [0.2, 0.25) is 0 Å². The molecule has 1 aromatic heterocycles. The summed E-state index contributed by atoms with van der Waals surface area (Å²) in [6.07, 6.45) is 0. The van der Waals surface area contributed by atoms with E-state index in [1.165, 1.54) is 12.1 Å². The Morgan fingerprint density at radius 3 is 2.63 bits per heavy atom. The normalized spacial score (nSPS) is 15.8. The second-order valence-corrected chi connectivity index (χ2v) is 7.34. The third-order valence-corrected chi connectivity index (χ3v) is 5.55. The highest BCUT2D eigenvalue weighted by Crippen LogP contribution is 2.29. The van der Waals surface area contributed by atoms with Gasteiger partial charge in [0, 0.05) is 30.6 Å². The van der Waals surface area contributed by atoms with Crippen LogP contribution in [0, 0.1) is 12.7 Å². The van der Waals surface area contributed by atoms with Gasteiger partial charge in [0.05, 0.1) is 26.4 Å². The molecule has 1 aliphatic rings. The molecule has 1 aliphatic heterocycles. The maximum absolute atomic E-state index is 13.4. The van der Waals surface area contributed by atoms with Crippen molar-refractivity contribution in [3.63, 3.8) is 0 Å². The molecule has 1 unspecified atom stereocenters. The van der Waals surface area contributed by atoms with Gasteiger partial charge in [0.1, 0.15) is 17.1 Å². The molecule has 3 aromatic rings. The molecule has 1 saturated heterocycles. The van der Waals surface area contributed by atoms with E-state index in [1.807, 2.05) is 13.0 Å². The summed E-state index contributed by atoms with van der Waals surface area (Å²) in [4.78, 5) is 15.2. The van der Waals surface area contributed by atoms with Gasteiger partial charge in [0.25, 0.3) is 5.91 Å². The standard InChI is InChI=1S/C23H25FN2O4/c1-15-19-13-18(28-2)7-8-21(19)30-22(15)23(27)25-14-20(26-9-11-29-12-10-26)16-3-5-17(24)6-4-16/h3-8,13,20H,9-12,14H2,1-2H3,(H,25,27). The van der Waals surface area contributed by atoms with Crippen LogP contribution < -0.4 is 10.1 Å². The van der Waals surface area contributed by atoms with Crippen LogP contribution in [-0.2, 0) is 4.74 Å². The van der Waals surface area contributed by atoms with Crippen LogP contribution in [0.25, 0.3) is 11.0 Å². The lowest BCUT2D eigenvalue weighted by Crippen LogP contribution is -2.43. The molecule has 1 amide bonds. The van der Waals surface area contributed by atoms with Crippen molar-refractivity contribution >= 4 is 16.9 Å². The minimum absolute atomic E-state index is 0.0803. The molecule has 6 nitrogen and oxygen atoms in total. The Bertz CT molecular complexity index is 1030. The molecule has 0 spiro atoms. The Hall–Kier alpha value is -2.90. The van der Waals surface area contributed by atoms with Crippen molar-refractivity contribution in [3.8, 4) is 5.75 Å². The predicted molar refractivity (Wildman–Crippen MR) is 111 cm³/mol. The highest BCUT2D eigenvalue weighted by Gasteiger charge is 2.25. The number of hydrogen-bond donors (Lipinski definition) is 1. The fourth-order valence-corrected chi connectivity index (χ4v) is 3.85. The molecule has 2 aromatic carbocycles. The smallest absolute Gasteiger partial charge is 0.287 e. The van der Waals surface area contributed by atoms with Gasteiger partial charge in [-0.1, -0.05) is 12.1 Å². The number of nitrogens with zero attached hydrogens (tertiary/aromatic N) is 1. The number of rotatable bonds is 6. The van der Waals surface area contributed by atoms with Crippen molar-refractivity contribution in [1.29, 1.82) is 0 Å². The van der Waals surface area contributed by atoms with Crippen LogP contribution in [-0.4, -0.2) is 50.8 Å². The Kier molecular flexibility index (Phi) is 6.01. The number of hydrogen-bond acceptors (Lipinski definition) is 5. The van der Waals surface area contributed by atoms with Crippen molar-refractivity contribution in [2.75, 3.05) is 40.0 Å². The highest BCUT2D eigenvalue weighted by molar-refractivity contribution is 5.99. The van der Waals surface area contributed by atoms with Gasteiger partial charge in [-0.3, -0.25) is 9.69 Å². The van der Waals surface area contributed by atoms with Gasteiger partial charge in [-0.2, -0.15) is 0 Å². The SMILES string of the molecule is COc1ccc2oc(C(=O)NCC(c3ccc(F)cc3)N3CCOCC3)c(C)c2c1. The zero-order valence-corrected chi connectivity index (χ0v) is 17.1. The molecule has 0 bridgehead atoms. The van der Waals surface area contributed by atoms with Crippen LogP contribution >= 0.6 is 0 Å². The van der Waals surface area contributed by atoms with Crippen LogP contribution in [0.1, 0.15) is 27.7 Å². The zero-order chi connectivity index (χ0) is 21.1. The Balaban J connectivity index is 1.54. The van der Waals surface area contributed by atoms with Crippen molar-refractivity contribution in [1.82, 2.24) is 10.2 Å². The number of amides is 1. The molecule has 1 N–H and O–H groups in total. The average Bonchev–Trinajstić information content (AvgIpc) is 3.11. The first-order valence-electron chi connectivity index (χ1n) is 9.99. The van der Waals surface area contributed by atoms with Gasteiger partial charge in [0.15, 0.2) is 5.76 Å². The Morgan fingerprint density at radius 1 is 1.20 bits per heavy atom. The second kappa shape index (κ2) is 8.85. The summed E-state index contributed by atoms with van der Waals surface area (Å²) in [5, 5.41) is 3.85. The number of carbonyl (C=O) groups excluding carboxylic acids is 1.